The van der Waals surface area contributed by atoms with Crippen LogP contribution in [-0.4, -0.2) is 38.1 Å². The average Bonchev–Trinajstić information content (AvgIpc) is 2.88. The molecule has 0 aromatic carbocycles. The van der Waals surface area contributed by atoms with Crippen LogP contribution in [0.4, 0.5) is 0 Å². The minimum absolute atomic E-state index is 0.363. The van der Waals surface area contributed by atoms with Crippen LogP contribution in [0.5, 0.6) is 0 Å². The first kappa shape index (κ1) is 18.5. The summed E-state index contributed by atoms with van der Waals surface area (Å²) >= 11 is 1.72. The van der Waals surface area contributed by atoms with Gasteiger partial charge in [0.05, 0.1) is 4.90 Å². The quantitative estimate of drug-likeness (QED) is 0.608. The molecule has 2 N–H and O–H groups in total. The van der Waals surface area contributed by atoms with Gasteiger partial charge in [-0.05, 0) is 44.4 Å². The summed E-state index contributed by atoms with van der Waals surface area (Å²) in [5, 5.41) is 3.31. The summed E-state index contributed by atoms with van der Waals surface area (Å²) < 4.78 is 29.2. The van der Waals surface area contributed by atoms with Crippen LogP contribution in [0.3, 0.4) is 0 Å². The molecule has 0 amide bonds. The lowest BCUT2D eigenvalue weighted by molar-refractivity contribution is 0.580. The fourth-order valence-corrected chi connectivity index (χ4v) is 3.58. The molecule has 0 radical (unpaired) electrons. The van der Waals surface area contributed by atoms with Gasteiger partial charge in [-0.15, -0.1) is 0 Å². The molecule has 1 rings (SSSR count). The van der Waals surface area contributed by atoms with E-state index in [0.29, 0.717) is 18.0 Å². The Balaban J connectivity index is 2.72. The maximum absolute atomic E-state index is 12.3. The number of nitrogens with zero attached hydrogens (tertiary/aromatic N) is 1. The summed E-state index contributed by atoms with van der Waals surface area (Å²) in [6.07, 6.45) is 5.65. The molecule has 0 atom stereocenters. The highest BCUT2D eigenvalue weighted by molar-refractivity contribution is 7.98. The summed E-state index contributed by atoms with van der Waals surface area (Å²) in [6, 6.07) is 1.77. The van der Waals surface area contributed by atoms with Crippen molar-refractivity contribution in [1.82, 2.24) is 14.6 Å². The van der Waals surface area contributed by atoms with Crippen LogP contribution in [0, 0.1) is 0 Å². The van der Waals surface area contributed by atoms with Gasteiger partial charge in [0.25, 0.3) is 0 Å². The topological polar surface area (TPSA) is 63.1 Å². The molecule has 7 heteroatoms. The molecule has 0 fully saturated rings. The Hall–Kier alpha value is -0.500. The van der Waals surface area contributed by atoms with Gasteiger partial charge in [0.1, 0.15) is 0 Å². The number of aromatic nitrogens is 1. The van der Waals surface area contributed by atoms with Crippen molar-refractivity contribution in [2.45, 2.75) is 44.7 Å². The summed E-state index contributed by atoms with van der Waals surface area (Å²) in [5.74, 6) is 0.963. The molecule has 0 saturated heterocycles. The zero-order valence-corrected chi connectivity index (χ0v) is 14.8. The standard InChI is InChI=1S/C14H27N3O2S2/c1-4-7-15-11-13-10-14(12-17(13)5-2)21(18,19)16-8-6-9-20-3/h10,12,15-16H,4-9,11H2,1-3H3. The van der Waals surface area contributed by atoms with E-state index in [9.17, 15) is 8.42 Å². The molecule has 21 heavy (non-hydrogen) atoms. The monoisotopic (exact) mass is 333 g/mol. The molecular formula is C14H27N3O2S2. The molecule has 1 aromatic heterocycles. The summed E-state index contributed by atoms with van der Waals surface area (Å²) in [7, 11) is -3.39. The molecule has 0 bridgehead atoms. The SMILES string of the molecule is CCCNCc1cc(S(=O)(=O)NCCCSC)cn1CC. The van der Waals surface area contributed by atoms with Crippen molar-refractivity contribution in [2.75, 3.05) is 25.1 Å². The van der Waals surface area contributed by atoms with Crippen molar-refractivity contribution in [3.63, 3.8) is 0 Å². The van der Waals surface area contributed by atoms with Gasteiger partial charge in [0.15, 0.2) is 0 Å². The van der Waals surface area contributed by atoms with E-state index < -0.39 is 10.0 Å². The number of nitrogens with one attached hydrogen (secondary N) is 2. The first-order valence-electron chi connectivity index (χ1n) is 7.43. The van der Waals surface area contributed by atoms with Gasteiger partial charge in [0.2, 0.25) is 10.0 Å². The maximum atomic E-state index is 12.3. The Morgan fingerprint density at radius 3 is 2.67 bits per heavy atom. The van der Waals surface area contributed by atoms with Gasteiger partial charge in [-0.25, -0.2) is 13.1 Å². The van der Waals surface area contributed by atoms with E-state index in [0.717, 1.165) is 37.4 Å². The molecule has 122 valence electrons. The lowest BCUT2D eigenvalue weighted by Crippen LogP contribution is -2.24. The Labute approximate surface area is 132 Å². The highest BCUT2D eigenvalue weighted by Crippen LogP contribution is 2.14. The van der Waals surface area contributed by atoms with Crippen LogP contribution < -0.4 is 10.0 Å². The van der Waals surface area contributed by atoms with E-state index in [-0.39, 0.29) is 0 Å². The molecule has 0 unspecified atom stereocenters. The van der Waals surface area contributed by atoms with E-state index in [2.05, 4.69) is 17.0 Å². The molecule has 5 nitrogen and oxygen atoms in total. The van der Waals surface area contributed by atoms with Crippen molar-refractivity contribution >= 4 is 21.8 Å². The van der Waals surface area contributed by atoms with E-state index in [1.807, 2.05) is 17.7 Å². The van der Waals surface area contributed by atoms with Gasteiger partial charge in [-0.2, -0.15) is 11.8 Å². The van der Waals surface area contributed by atoms with Gasteiger partial charge in [-0.1, -0.05) is 6.92 Å². The minimum atomic E-state index is -3.39. The van der Waals surface area contributed by atoms with Crippen LogP contribution in [0.2, 0.25) is 0 Å². The average molecular weight is 334 g/mol. The second-order valence-corrected chi connectivity index (χ2v) is 7.63. The summed E-state index contributed by atoms with van der Waals surface area (Å²) in [4.78, 5) is 0.363. The molecule has 0 saturated carbocycles. The van der Waals surface area contributed by atoms with E-state index in [1.165, 1.54) is 0 Å². The van der Waals surface area contributed by atoms with Crippen molar-refractivity contribution < 1.29 is 8.42 Å². The van der Waals surface area contributed by atoms with Gasteiger partial charge < -0.3 is 9.88 Å². The third-order valence-corrected chi connectivity index (χ3v) is 5.29. The molecule has 1 aromatic rings. The highest BCUT2D eigenvalue weighted by atomic mass is 32.2. The molecule has 1 heterocycles. The van der Waals surface area contributed by atoms with Gasteiger partial charge in [-0.3, -0.25) is 0 Å². The minimum Gasteiger partial charge on any atom is -0.349 e. The third-order valence-electron chi connectivity index (χ3n) is 3.16. The smallest absolute Gasteiger partial charge is 0.242 e. The van der Waals surface area contributed by atoms with Crippen LogP contribution in [0.25, 0.3) is 0 Å². The Bertz CT molecular complexity index is 512. The first-order valence-corrected chi connectivity index (χ1v) is 10.3. The number of rotatable bonds is 11. The summed E-state index contributed by atoms with van der Waals surface area (Å²) in [6.45, 7) is 7.02. The fraction of sp³-hybridized carbons (Fsp3) is 0.714. The molecule has 0 aliphatic heterocycles. The Morgan fingerprint density at radius 2 is 2.05 bits per heavy atom. The van der Waals surface area contributed by atoms with Gasteiger partial charge >= 0.3 is 0 Å². The highest BCUT2D eigenvalue weighted by Gasteiger charge is 2.17. The van der Waals surface area contributed by atoms with Gasteiger partial charge in [0, 0.05) is 31.5 Å². The second kappa shape index (κ2) is 9.50. The number of hydrogen-bond donors (Lipinski definition) is 2. The van der Waals surface area contributed by atoms with Crippen LogP contribution in [0.15, 0.2) is 17.2 Å². The van der Waals surface area contributed by atoms with E-state index in [1.54, 1.807) is 24.0 Å². The number of sulfonamides is 1. The predicted octanol–water partition coefficient (Wildman–Crippen LogP) is 2.04. The zero-order chi connectivity index (χ0) is 15.7. The number of aryl methyl sites for hydroxylation is 1. The van der Waals surface area contributed by atoms with Crippen molar-refractivity contribution in [3.05, 3.63) is 18.0 Å². The van der Waals surface area contributed by atoms with Crippen LogP contribution in [-0.2, 0) is 23.1 Å². The van der Waals surface area contributed by atoms with Crippen molar-refractivity contribution in [3.8, 4) is 0 Å². The van der Waals surface area contributed by atoms with E-state index >= 15 is 0 Å². The summed E-state index contributed by atoms with van der Waals surface area (Å²) in [5.41, 5.74) is 1.01. The second-order valence-electron chi connectivity index (χ2n) is 4.87. The van der Waals surface area contributed by atoms with E-state index in [4.69, 9.17) is 0 Å². The lowest BCUT2D eigenvalue weighted by Gasteiger charge is -2.06. The number of hydrogen-bond acceptors (Lipinski definition) is 4. The molecule has 0 aliphatic rings. The predicted molar refractivity (Wildman–Crippen MR) is 90.3 cm³/mol. The van der Waals surface area contributed by atoms with Crippen molar-refractivity contribution in [2.24, 2.45) is 0 Å². The first-order chi connectivity index (χ1) is 10.0. The van der Waals surface area contributed by atoms with Crippen LogP contribution >= 0.6 is 11.8 Å². The fourth-order valence-electron chi connectivity index (χ4n) is 2.01. The maximum Gasteiger partial charge on any atom is 0.242 e. The third kappa shape index (κ3) is 6.02. The van der Waals surface area contributed by atoms with Crippen molar-refractivity contribution in [1.29, 1.82) is 0 Å². The molecular weight excluding hydrogens is 306 g/mol. The van der Waals surface area contributed by atoms with Crippen LogP contribution in [0.1, 0.15) is 32.4 Å². The Morgan fingerprint density at radius 1 is 1.29 bits per heavy atom. The number of thioether (sulfide) groups is 1. The normalized spacial score (nSPS) is 12.0. The largest absolute Gasteiger partial charge is 0.349 e. The lowest BCUT2D eigenvalue weighted by atomic mass is 10.4. The zero-order valence-electron chi connectivity index (χ0n) is 13.2. The molecule has 0 spiro atoms. The molecule has 0 aliphatic carbocycles. The Kier molecular flexibility index (Phi) is 8.39.